The maximum Gasteiger partial charge on any atom is 0.337 e. The van der Waals surface area contributed by atoms with Crippen LogP contribution in [0.2, 0.25) is 0 Å². The molecule has 0 spiro atoms. The van der Waals surface area contributed by atoms with E-state index in [0.29, 0.717) is 5.56 Å². The summed E-state index contributed by atoms with van der Waals surface area (Å²) in [5.74, 6) is -0.416. The third kappa shape index (κ3) is 4.16. The number of carbonyl (C=O) groups excluding carboxylic acids is 1. The molecule has 0 amide bonds. The number of esters is 1. The Bertz CT molecular complexity index is 493. The van der Waals surface area contributed by atoms with Gasteiger partial charge in [0.1, 0.15) is 0 Å². The van der Waals surface area contributed by atoms with Gasteiger partial charge in [-0.25, -0.2) is 17.9 Å². The second kappa shape index (κ2) is 5.29. The molecular weight excluding hydrogens is 242 g/mol. The Morgan fingerprint density at radius 2 is 1.82 bits per heavy atom. The van der Waals surface area contributed by atoms with Crippen molar-refractivity contribution in [2.75, 3.05) is 13.4 Å². The van der Waals surface area contributed by atoms with E-state index in [1.807, 2.05) is 0 Å². The van der Waals surface area contributed by atoms with E-state index in [2.05, 4.69) is 9.46 Å². The Hall–Kier alpha value is -1.40. The van der Waals surface area contributed by atoms with E-state index in [-0.39, 0.29) is 6.04 Å². The Kier molecular flexibility index (Phi) is 4.25. The lowest BCUT2D eigenvalue weighted by Gasteiger charge is -2.12. The van der Waals surface area contributed by atoms with E-state index < -0.39 is 16.0 Å². The molecule has 0 aliphatic heterocycles. The summed E-state index contributed by atoms with van der Waals surface area (Å²) < 4.78 is 29.1. The molecule has 0 aliphatic carbocycles. The van der Waals surface area contributed by atoms with Crippen molar-refractivity contribution in [3.05, 3.63) is 35.4 Å². The number of rotatable bonds is 4. The van der Waals surface area contributed by atoms with Crippen molar-refractivity contribution in [1.82, 2.24) is 4.72 Å². The monoisotopic (exact) mass is 257 g/mol. The fourth-order valence-corrected chi connectivity index (χ4v) is 2.19. The highest BCUT2D eigenvalue weighted by molar-refractivity contribution is 7.88. The van der Waals surface area contributed by atoms with Crippen LogP contribution in [0.3, 0.4) is 0 Å². The predicted molar refractivity (Wildman–Crippen MR) is 64.2 cm³/mol. The minimum Gasteiger partial charge on any atom is -0.465 e. The van der Waals surface area contributed by atoms with Crippen molar-refractivity contribution >= 4 is 16.0 Å². The first-order valence-electron chi connectivity index (χ1n) is 4.99. The molecule has 0 radical (unpaired) electrons. The lowest BCUT2D eigenvalue weighted by atomic mass is 10.1. The Morgan fingerprint density at radius 1 is 1.29 bits per heavy atom. The Balaban J connectivity index is 2.84. The highest BCUT2D eigenvalue weighted by Crippen LogP contribution is 2.14. The van der Waals surface area contributed by atoms with Gasteiger partial charge in [-0.15, -0.1) is 0 Å². The average Bonchev–Trinajstić information content (AvgIpc) is 2.26. The highest BCUT2D eigenvalue weighted by atomic mass is 32.2. The molecule has 5 nitrogen and oxygen atoms in total. The summed E-state index contributed by atoms with van der Waals surface area (Å²) in [5.41, 5.74) is 1.21. The molecule has 0 unspecified atom stereocenters. The number of carbonyl (C=O) groups is 1. The zero-order valence-electron chi connectivity index (χ0n) is 9.93. The molecule has 0 aliphatic rings. The van der Waals surface area contributed by atoms with Crippen LogP contribution in [-0.2, 0) is 14.8 Å². The van der Waals surface area contributed by atoms with Crippen LogP contribution in [-0.4, -0.2) is 27.8 Å². The van der Waals surface area contributed by atoms with Crippen LogP contribution in [0, 0.1) is 0 Å². The summed E-state index contributed by atoms with van der Waals surface area (Å²) in [4.78, 5) is 11.2. The Morgan fingerprint density at radius 3 is 2.24 bits per heavy atom. The number of sulfonamides is 1. The molecule has 6 heteroatoms. The van der Waals surface area contributed by atoms with Crippen molar-refractivity contribution < 1.29 is 17.9 Å². The normalized spacial score (nSPS) is 13.1. The molecule has 0 heterocycles. The molecule has 1 aromatic rings. The van der Waals surface area contributed by atoms with Crippen molar-refractivity contribution in [3.63, 3.8) is 0 Å². The molecule has 0 fully saturated rings. The fraction of sp³-hybridized carbons (Fsp3) is 0.364. The zero-order chi connectivity index (χ0) is 13.1. The minimum absolute atomic E-state index is 0.336. The van der Waals surface area contributed by atoms with Crippen LogP contribution in [0.1, 0.15) is 28.9 Å². The molecule has 1 N–H and O–H groups in total. The summed E-state index contributed by atoms with van der Waals surface area (Å²) in [6.45, 7) is 1.73. The molecule has 1 rings (SSSR count). The van der Waals surface area contributed by atoms with Crippen molar-refractivity contribution in [1.29, 1.82) is 0 Å². The van der Waals surface area contributed by atoms with Gasteiger partial charge < -0.3 is 4.74 Å². The lowest BCUT2D eigenvalue weighted by Crippen LogP contribution is -2.25. The highest BCUT2D eigenvalue weighted by Gasteiger charge is 2.11. The average molecular weight is 257 g/mol. The van der Waals surface area contributed by atoms with Gasteiger partial charge in [-0.1, -0.05) is 12.1 Å². The van der Waals surface area contributed by atoms with Gasteiger partial charge in [0.2, 0.25) is 10.0 Å². The van der Waals surface area contributed by atoms with Crippen LogP contribution < -0.4 is 4.72 Å². The SMILES string of the molecule is COC(=O)c1ccc([C@H](C)NS(C)(=O)=O)cc1. The van der Waals surface area contributed by atoms with E-state index in [1.54, 1.807) is 31.2 Å². The first-order chi connectivity index (χ1) is 7.83. The molecule has 17 heavy (non-hydrogen) atoms. The van der Waals surface area contributed by atoms with E-state index in [0.717, 1.165) is 11.8 Å². The lowest BCUT2D eigenvalue weighted by molar-refractivity contribution is 0.0600. The molecule has 0 aromatic heterocycles. The van der Waals surface area contributed by atoms with Crippen LogP contribution in [0.15, 0.2) is 24.3 Å². The van der Waals surface area contributed by atoms with Crippen molar-refractivity contribution in [2.24, 2.45) is 0 Å². The van der Waals surface area contributed by atoms with Crippen LogP contribution in [0.25, 0.3) is 0 Å². The number of benzene rings is 1. The summed E-state index contributed by atoms with van der Waals surface area (Å²) in [7, 11) is -1.93. The molecule has 1 atom stereocenters. The molecule has 0 saturated carbocycles. The number of methoxy groups -OCH3 is 1. The van der Waals surface area contributed by atoms with Gasteiger partial charge in [-0.3, -0.25) is 0 Å². The second-order valence-electron chi connectivity index (χ2n) is 3.73. The zero-order valence-corrected chi connectivity index (χ0v) is 10.7. The molecule has 0 bridgehead atoms. The number of hydrogen-bond donors (Lipinski definition) is 1. The summed E-state index contributed by atoms with van der Waals surface area (Å²) in [6, 6.07) is 6.24. The van der Waals surface area contributed by atoms with E-state index >= 15 is 0 Å². The largest absolute Gasteiger partial charge is 0.465 e. The van der Waals surface area contributed by atoms with E-state index in [4.69, 9.17) is 0 Å². The van der Waals surface area contributed by atoms with Gasteiger partial charge in [0.15, 0.2) is 0 Å². The third-order valence-corrected chi connectivity index (χ3v) is 3.00. The van der Waals surface area contributed by atoms with Crippen LogP contribution in [0.4, 0.5) is 0 Å². The topological polar surface area (TPSA) is 72.5 Å². The minimum atomic E-state index is -3.24. The van der Waals surface area contributed by atoms with E-state index in [1.165, 1.54) is 7.11 Å². The number of nitrogens with one attached hydrogen (secondary N) is 1. The first kappa shape index (κ1) is 13.7. The van der Waals surface area contributed by atoms with Crippen molar-refractivity contribution in [3.8, 4) is 0 Å². The maximum atomic E-state index is 11.2. The van der Waals surface area contributed by atoms with E-state index in [9.17, 15) is 13.2 Å². The van der Waals surface area contributed by atoms with Gasteiger partial charge >= 0.3 is 5.97 Å². The molecule has 94 valence electrons. The third-order valence-electron chi connectivity index (χ3n) is 2.22. The first-order valence-corrected chi connectivity index (χ1v) is 6.88. The quantitative estimate of drug-likeness (QED) is 0.819. The summed E-state index contributed by atoms with van der Waals surface area (Å²) in [6.07, 6.45) is 1.10. The van der Waals surface area contributed by atoms with Gasteiger partial charge in [0.25, 0.3) is 0 Å². The van der Waals surface area contributed by atoms with Gasteiger partial charge in [0.05, 0.1) is 18.9 Å². The fourth-order valence-electron chi connectivity index (χ4n) is 1.41. The van der Waals surface area contributed by atoms with Crippen molar-refractivity contribution in [2.45, 2.75) is 13.0 Å². The Labute approximate surface area is 101 Å². The predicted octanol–water partition coefficient (Wildman–Crippen LogP) is 1.08. The number of ether oxygens (including phenoxy) is 1. The van der Waals surface area contributed by atoms with Gasteiger partial charge in [-0.2, -0.15) is 0 Å². The number of hydrogen-bond acceptors (Lipinski definition) is 4. The maximum absolute atomic E-state index is 11.2. The molecule has 1 aromatic carbocycles. The standard InChI is InChI=1S/C11H15NO4S/c1-8(12-17(3,14)15)9-4-6-10(7-5-9)11(13)16-2/h4-8,12H,1-3H3/t8-/m0/s1. The smallest absolute Gasteiger partial charge is 0.337 e. The molecule has 0 saturated heterocycles. The summed E-state index contributed by atoms with van der Waals surface area (Å²) in [5, 5.41) is 0. The molecular formula is C11H15NO4S. The van der Waals surface area contributed by atoms with Gasteiger partial charge in [0, 0.05) is 6.04 Å². The van der Waals surface area contributed by atoms with Crippen LogP contribution in [0.5, 0.6) is 0 Å². The summed E-state index contributed by atoms with van der Waals surface area (Å²) >= 11 is 0. The van der Waals surface area contributed by atoms with Gasteiger partial charge in [-0.05, 0) is 24.6 Å². The second-order valence-corrected chi connectivity index (χ2v) is 5.51. The van der Waals surface area contributed by atoms with Crippen LogP contribution >= 0.6 is 0 Å².